The van der Waals surface area contributed by atoms with E-state index in [1.54, 1.807) is 16.3 Å². The molecule has 0 saturated carbocycles. The van der Waals surface area contributed by atoms with E-state index in [9.17, 15) is 9.59 Å². The summed E-state index contributed by atoms with van der Waals surface area (Å²) in [5.74, 6) is 0.239. The Labute approximate surface area is 162 Å². The molecular formula is C19H23N3O2S2. The van der Waals surface area contributed by atoms with Crippen LogP contribution in [0.15, 0.2) is 45.2 Å². The Hall–Kier alpha value is -1.73. The molecule has 0 radical (unpaired) electrons. The molecule has 1 atom stereocenters. The van der Waals surface area contributed by atoms with Gasteiger partial charge < -0.3 is 5.32 Å². The zero-order chi connectivity index (χ0) is 18.5. The highest BCUT2D eigenvalue weighted by molar-refractivity contribution is 8.00. The molecule has 26 heavy (non-hydrogen) atoms. The molecule has 5 nitrogen and oxygen atoms in total. The van der Waals surface area contributed by atoms with E-state index in [0.29, 0.717) is 23.5 Å². The Morgan fingerprint density at radius 3 is 2.88 bits per heavy atom. The molecule has 2 heterocycles. The topological polar surface area (TPSA) is 64.0 Å². The normalized spacial score (nSPS) is 15.7. The van der Waals surface area contributed by atoms with Crippen molar-refractivity contribution in [3.63, 3.8) is 0 Å². The van der Waals surface area contributed by atoms with E-state index in [4.69, 9.17) is 4.98 Å². The lowest BCUT2D eigenvalue weighted by Crippen LogP contribution is -2.28. The molecule has 1 unspecified atom stereocenters. The van der Waals surface area contributed by atoms with E-state index in [-0.39, 0.29) is 17.2 Å². The summed E-state index contributed by atoms with van der Waals surface area (Å²) in [7, 11) is 0. The number of carbonyl (C=O) groups excluding carboxylic acids is 1. The molecule has 1 N–H and O–H groups in total. The van der Waals surface area contributed by atoms with E-state index in [1.807, 2.05) is 37.3 Å². The Balaban J connectivity index is 1.88. The predicted octanol–water partition coefficient (Wildman–Crippen LogP) is 2.95. The van der Waals surface area contributed by atoms with Gasteiger partial charge in [-0.1, -0.05) is 55.9 Å². The van der Waals surface area contributed by atoms with Gasteiger partial charge in [0, 0.05) is 18.2 Å². The summed E-state index contributed by atoms with van der Waals surface area (Å²) >= 11 is 2.94. The SMILES string of the molecule is CCCNC(=O)CSc1nc2c(c(=O)n1Cc1ccccc1)SC(C)C2. The predicted molar refractivity (Wildman–Crippen MR) is 107 cm³/mol. The van der Waals surface area contributed by atoms with Gasteiger partial charge in [0.15, 0.2) is 5.16 Å². The summed E-state index contributed by atoms with van der Waals surface area (Å²) in [6.07, 6.45) is 1.71. The van der Waals surface area contributed by atoms with Crippen LogP contribution in [0.1, 0.15) is 31.5 Å². The molecular weight excluding hydrogens is 366 g/mol. The molecule has 138 valence electrons. The number of nitrogens with zero attached hydrogens (tertiary/aromatic N) is 2. The van der Waals surface area contributed by atoms with Gasteiger partial charge in [-0.3, -0.25) is 14.2 Å². The van der Waals surface area contributed by atoms with Crippen LogP contribution in [0.4, 0.5) is 0 Å². The molecule has 1 aliphatic rings. The van der Waals surface area contributed by atoms with Crippen molar-refractivity contribution in [3.8, 4) is 0 Å². The molecule has 1 aromatic heterocycles. The second kappa shape index (κ2) is 8.77. The fraction of sp³-hybridized carbons (Fsp3) is 0.421. The van der Waals surface area contributed by atoms with Crippen molar-refractivity contribution in [1.29, 1.82) is 0 Å². The number of rotatable bonds is 7. The molecule has 7 heteroatoms. The fourth-order valence-electron chi connectivity index (χ4n) is 2.79. The van der Waals surface area contributed by atoms with Crippen LogP contribution in [0.3, 0.4) is 0 Å². The standard InChI is InChI=1S/C19H23N3O2S2/c1-3-9-20-16(23)12-25-19-21-15-10-13(2)26-17(15)18(24)22(19)11-14-7-5-4-6-8-14/h4-8,13H,3,9-12H2,1-2H3,(H,20,23). The quantitative estimate of drug-likeness (QED) is 0.583. The van der Waals surface area contributed by atoms with E-state index < -0.39 is 0 Å². The third-order valence-corrected chi connectivity index (χ3v) is 6.24. The van der Waals surface area contributed by atoms with Crippen LogP contribution in [0.2, 0.25) is 0 Å². The van der Waals surface area contributed by atoms with Crippen LogP contribution in [-0.4, -0.2) is 33.0 Å². The summed E-state index contributed by atoms with van der Waals surface area (Å²) in [6.45, 7) is 5.26. The maximum atomic E-state index is 13.0. The van der Waals surface area contributed by atoms with Crippen LogP contribution in [0, 0.1) is 0 Å². The van der Waals surface area contributed by atoms with Crippen LogP contribution < -0.4 is 10.9 Å². The van der Waals surface area contributed by atoms with Crippen molar-refractivity contribution < 1.29 is 4.79 Å². The maximum Gasteiger partial charge on any atom is 0.268 e. The monoisotopic (exact) mass is 389 g/mol. The van der Waals surface area contributed by atoms with Crippen LogP contribution in [0.25, 0.3) is 0 Å². The van der Waals surface area contributed by atoms with Gasteiger partial charge in [0.1, 0.15) is 0 Å². The third-order valence-electron chi connectivity index (χ3n) is 4.05. The van der Waals surface area contributed by atoms with E-state index in [0.717, 1.165) is 29.0 Å². The second-order valence-corrected chi connectivity index (χ2v) is 8.71. The van der Waals surface area contributed by atoms with Crippen molar-refractivity contribution in [3.05, 3.63) is 51.9 Å². The lowest BCUT2D eigenvalue weighted by molar-refractivity contribution is -0.118. The molecule has 1 amide bonds. The lowest BCUT2D eigenvalue weighted by atomic mass is 10.2. The Morgan fingerprint density at radius 2 is 2.15 bits per heavy atom. The Bertz CT molecular complexity index is 837. The molecule has 1 aromatic carbocycles. The molecule has 2 aromatic rings. The van der Waals surface area contributed by atoms with E-state index in [1.165, 1.54) is 11.8 Å². The van der Waals surface area contributed by atoms with E-state index >= 15 is 0 Å². The number of fused-ring (bicyclic) bond motifs is 1. The van der Waals surface area contributed by atoms with Crippen LogP contribution in [0.5, 0.6) is 0 Å². The minimum Gasteiger partial charge on any atom is -0.355 e. The van der Waals surface area contributed by atoms with Gasteiger partial charge in [-0.05, 0) is 12.0 Å². The molecule has 3 rings (SSSR count). The number of nitrogens with one attached hydrogen (secondary N) is 1. The second-order valence-electron chi connectivity index (χ2n) is 6.32. The average Bonchev–Trinajstić information content (AvgIpc) is 3.02. The zero-order valence-corrected chi connectivity index (χ0v) is 16.7. The summed E-state index contributed by atoms with van der Waals surface area (Å²) in [5, 5.41) is 3.86. The van der Waals surface area contributed by atoms with Gasteiger partial charge in [-0.15, -0.1) is 11.8 Å². The van der Waals surface area contributed by atoms with Gasteiger partial charge in [0.05, 0.1) is 22.9 Å². The fourth-order valence-corrected chi connectivity index (χ4v) is 4.75. The number of aromatic nitrogens is 2. The van der Waals surface area contributed by atoms with Crippen molar-refractivity contribution in [2.75, 3.05) is 12.3 Å². The molecule has 0 aliphatic carbocycles. The Kier molecular flexibility index (Phi) is 6.43. The largest absolute Gasteiger partial charge is 0.355 e. The van der Waals surface area contributed by atoms with Crippen molar-refractivity contribution >= 4 is 29.4 Å². The molecule has 0 fully saturated rings. The van der Waals surface area contributed by atoms with Crippen molar-refractivity contribution in [2.45, 2.75) is 48.5 Å². The van der Waals surface area contributed by atoms with Gasteiger partial charge in [0.2, 0.25) is 5.91 Å². The molecule has 0 spiro atoms. The number of amides is 1. The zero-order valence-electron chi connectivity index (χ0n) is 15.0. The highest BCUT2D eigenvalue weighted by atomic mass is 32.2. The van der Waals surface area contributed by atoms with Gasteiger partial charge in [0.25, 0.3) is 5.56 Å². The van der Waals surface area contributed by atoms with Crippen LogP contribution >= 0.6 is 23.5 Å². The summed E-state index contributed by atoms with van der Waals surface area (Å²) in [4.78, 5) is 30.5. The average molecular weight is 390 g/mol. The third kappa shape index (κ3) is 4.51. The molecule has 0 saturated heterocycles. The number of benzene rings is 1. The minimum atomic E-state index is -0.0272. The van der Waals surface area contributed by atoms with Crippen molar-refractivity contribution in [1.82, 2.24) is 14.9 Å². The number of hydrogen-bond donors (Lipinski definition) is 1. The number of thioether (sulfide) groups is 2. The summed E-state index contributed by atoms with van der Waals surface area (Å²) in [6, 6.07) is 9.88. The molecule has 1 aliphatic heterocycles. The Morgan fingerprint density at radius 1 is 1.38 bits per heavy atom. The van der Waals surface area contributed by atoms with Gasteiger partial charge in [-0.25, -0.2) is 4.98 Å². The minimum absolute atomic E-state index is 0.00432. The highest BCUT2D eigenvalue weighted by Gasteiger charge is 2.26. The maximum absolute atomic E-state index is 13.0. The van der Waals surface area contributed by atoms with Crippen LogP contribution in [-0.2, 0) is 17.8 Å². The van der Waals surface area contributed by atoms with Crippen molar-refractivity contribution in [2.24, 2.45) is 0 Å². The smallest absolute Gasteiger partial charge is 0.268 e. The first kappa shape index (κ1) is 19.0. The van der Waals surface area contributed by atoms with E-state index in [2.05, 4.69) is 12.2 Å². The first-order valence-corrected chi connectivity index (χ1v) is 10.7. The number of carbonyl (C=O) groups is 1. The van der Waals surface area contributed by atoms with Gasteiger partial charge >= 0.3 is 0 Å². The lowest BCUT2D eigenvalue weighted by Gasteiger charge is -2.13. The summed E-state index contributed by atoms with van der Waals surface area (Å²) < 4.78 is 1.71. The summed E-state index contributed by atoms with van der Waals surface area (Å²) in [5.41, 5.74) is 1.92. The van der Waals surface area contributed by atoms with Gasteiger partial charge in [-0.2, -0.15) is 0 Å². The first-order valence-electron chi connectivity index (χ1n) is 8.82. The molecule has 0 bridgehead atoms. The number of hydrogen-bond acceptors (Lipinski definition) is 5. The highest BCUT2D eigenvalue weighted by Crippen LogP contribution is 2.34. The first-order chi connectivity index (χ1) is 12.6.